The van der Waals surface area contributed by atoms with E-state index in [9.17, 15) is 18.0 Å². The Balaban J connectivity index is 1.32. The SMILES string of the molecule is CC1(C)[C@H]2C[C@@H](CC=CCCCC(=O)O)[C@H](NC(=O)c3csc4ccc(OS(=O)(=O)c5ccccc5)cc34)[C@@H]1C2. The first-order chi connectivity index (χ1) is 19.1. The lowest BCUT2D eigenvalue weighted by Crippen LogP contribution is -2.63. The number of thiophene rings is 1. The van der Waals surface area contributed by atoms with Gasteiger partial charge in [-0.15, -0.1) is 11.3 Å². The van der Waals surface area contributed by atoms with Gasteiger partial charge in [0.2, 0.25) is 0 Å². The third-order valence-electron chi connectivity index (χ3n) is 8.77. The Morgan fingerprint density at radius 2 is 1.90 bits per heavy atom. The number of hydrogen-bond acceptors (Lipinski definition) is 6. The number of carboxylic acids is 1. The molecule has 0 unspecified atom stereocenters. The zero-order valence-electron chi connectivity index (χ0n) is 22.7. The Labute approximate surface area is 239 Å². The van der Waals surface area contributed by atoms with Gasteiger partial charge < -0.3 is 14.6 Å². The lowest BCUT2D eigenvalue weighted by molar-refractivity contribution is -0.137. The second kappa shape index (κ2) is 11.4. The van der Waals surface area contributed by atoms with Crippen molar-refractivity contribution in [2.24, 2.45) is 23.2 Å². The molecule has 0 aliphatic heterocycles. The highest BCUT2D eigenvalue weighted by Gasteiger charge is 2.57. The van der Waals surface area contributed by atoms with Crippen molar-refractivity contribution in [3.05, 3.63) is 71.6 Å². The summed E-state index contributed by atoms with van der Waals surface area (Å²) in [6.07, 6.45) is 8.73. The molecule has 6 rings (SSSR count). The van der Waals surface area contributed by atoms with Gasteiger partial charge in [-0.25, -0.2) is 0 Å². The van der Waals surface area contributed by atoms with Gasteiger partial charge >= 0.3 is 16.1 Å². The predicted octanol–water partition coefficient (Wildman–Crippen LogP) is 6.65. The number of amides is 1. The van der Waals surface area contributed by atoms with Crippen molar-refractivity contribution in [1.82, 2.24) is 5.32 Å². The number of carbonyl (C=O) groups is 2. The van der Waals surface area contributed by atoms with E-state index in [0.717, 1.165) is 30.4 Å². The third-order valence-corrected chi connectivity index (χ3v) is 11.0. The molecule has 0 radical (unpaired) electrons. The van der Waals surface area contributed by atoms with Gasteiger partial charge in [0.1, 0.15) is 10.6 Å². The van der Waals surface area contributed by atoms with Gasteiger partial charge in [0.25, 0.3) is 5.91 Å². The molecule has 40 heavy (non-hydrogen) atoms. The topological polar surface area (TPSA) is 110 Å². The largest absolute Gasteiger partial charge is 0.481 e. The molecule has 3 saturated carbocycles. The predicted molar refractivity (Wildman–Crippen MR) is 156 cm³/mol. The summed E-state index contributed by atoms with van der Waals surface area (Å²) in [5, 5.41) is 14.7. The smallest absolute Gasteiger partial charge is 0.339 e. The van der Waals surface area contributed by atoms with Crippen molar-refractivity contribution >= 4 is 43.4 Å². The Hall–Kier alpha value is -3.17. The Morgan fingerprint density at radius 3 is 2.62 bits per heavy atom. The fourth-order valence-electron chi connectivity index (χ4n) is 6.35. The molecule has 7 nitrogen and oxygen atoms in total. The average Bonchev–Trinajstić information content (AvgIpc) is 3.34. The minimum Gasteiger partial charge on any atom is -0.481 e. The molecule has 1 heterocycles. The van der Waals surface area contributed by atoms with E-state index in [0.29, 0.717) is 35.1 Å². The first-order valence-electron chi connectivity index (χ1n) is 13.7. The lowest BCUT2D eigenvalue weighted by atomic mass is 9.44. The van der Waals surface area contributed by atoms with Crippen LogP contribution in [0.15, 0.2) is 71.0 Å². The molecule has 0 spiro atoms. The zero-order chi connectivity index (χ0) is 28.5. The van der Waals surface area contributed by atoms with Crippen LogP contribution in [0.4, 0.5) is 0 Å². The van der Waals surface area contributed by atoms with Gasteiger partial charge in [0.05, 0.1) is 5.56 Å². The molecule has 2 aromatic carbocycles. The molecule has 0 saturated heterocycles. The van der Waals surface area contributed by atoms with Crippen LogP contribution in [0.5, 0.6) is 5.75 Å². The molecule has 3 fully saturated rings. The van der Waals surface area contributed by atoms with E-state index in [1.807, 2.05) is 5.38 Å². The van der Waals surface area contributed by atoms with Crippen LogP contribution in [0, 0.1) is 23.2 Å². The molecular weight excluding hydrogens is 546 g/mol. The van der Waals surface area contributed by atoms with Crippen molar-refractivity contribution in [3.63, 3.8) is 0 Å². The quantitative estimate of drug-likeness (QED) is 0.149. The first-order valence-corrected chi connectivity index (χ1v) is 16.0. The molecule has 212 valence electrons. The van der Waals surface area contributed by atoms with E-state index in [2.05, 4.69) is 31.3 Å². The van der Waals surface area contributed by atoms with Crippen LogP contribution in [0.3, 0.4) is 0 Å². The Kier molecular flexibility index (Phi) is 8.06. The first kappa shape index (κ1) is 28.4. The van der Waals surface area contributed by atoms with Crippen LogP contribution in [-0.4, -0.2) is 31.4 Å². The number of nitrogens with one attached hydrogen (secondary N) is 1. The van der Waals surface area contributed by atoms with E-state index < -0.39 is 16.1 Å². The van der Waals surface area contributed by atoms with E-state index >= 15 is 0 Å². The minimum absolute atomic E-state index is 0.0315. The van der Waals surface area contributed by atoms with Gasteiger partial charge in [0.15, 0.2) is 0 Å². The number of hydrogen-bond donors (Lipinski definition) is 2. The van der Waals surface area contributed by atoms with Crippen LogP contribution < -0.4 is 9.50 Å². The summed E-state index contributed by atoms with van der Waals surface area (Å²) >= 11 is 1.44. The highest BCUT2D eigenvalue weighted by atomic mass is 32.2. The molecule has 1 aromatic heterocycles. The summed E-state index contributed by atoms with van der Waals surface area (Å²) in [7, 11) is -3.99. The summed E-state index contributed by atoms with van der Waals surface area (Å²) in [4.78, 5) is 24.5. The molecule has 3 aliphatic carbocycles. The molecule has 2 N–H and O–H groups in total. The molecule has 4 atom stereocenters. The fraction of sp³-hybridized carbons (Fsp3) is 0.419. The van der Waals surface area contributed by atoms with Gasteiger partial charge in [-0.2, -0.15) is 8.42 Å². The van der Waals surface area contributed by atoms with Crippen LogP contribution in [0.1, 0.15) is 62.7 Å². The number of allylic oxidation sites excluding steroid dienone is 2. The van der Waals surface area contributed by atoms with Crippen molar-refractivity contribution in [3.8, 4) is 5.75 Å². The highest BCUT2D eigenvalue weighted by Crippen LogP contribution is 2.61. The number of aliphatic carboxylic acids is 1. The van der Waals surface area contributed by atoms with E-state index in [4.69, 9.17) is 9.29 Å². The second-order valence-corrected chi connectivity index (χ2v) is 14.0. The standard InChI is InChI=1S/C31H35NO6S2/c1-31(2)21-16-20(10-6-3-4-9-13-28(33)34)29(26(31)17-21)32-30(35)25-19-39-27-15-14-22(18-24(25)27)38-40(36,37)23-11-7-5-8-12-23/h3,5-8,11-12,14-15,18-21,26,29H,4,9-10,13,16-17H2,1-2H3,(H,32,35)(H,33,34)/t20-,21+,26+,29+/m1/s1. The number of carbonyl (C=O) groups excluding carboxylic acids is 1. The second-order valence-electron chi connectivity index (χ2n) is 11.5. The monoisotopic (exact) mass is 581 g/mol. The molecule has 1 amide bonds. The van der Waals surface area contributed by atoms with E-state index in [-0.39, 0.29) is 34.4 Å². The number of unbranched alkanes of at least 4 members (excludes halogenated alkanes) is 1. The van der Waals surface area contributed by atoms with Gasteiger partial charge in [-0.05, 0) is 85.6 Å². The molecular formula is C31H35NO6S2. The molecule has 9 heteroatoms. The van der Waals surface area contributed by atoms with Crippen molar-refractivity contribution in [2.75, 3.05) is 0 Å². The third kappa shape index (κ3) is 5.81. The summed E-state index contributed by atoms with van der Waals surface area (Å²) in [6, 6.07) is 13.0. The summed E-state index contributed by atoms with van der Waals surface area (Å²) < 4.78 is 31.8. The molecule has 3 aromatic rings. The number of carboxylic acid groups (broad SMARTS) is 1. The van der Waals surface area contributed by atoms with Gasteiger partial charge in [-0.1, -0.05) is 44.2 Å². The van der Waals surface area contributed by atoms with Crippen LogP contribution >= 0.6 is 11.3 Å². The normalized spacial score (nSPS) is 23.6. The maximum atomic E-state index is 13.7. The van der Waals surface area contributed by atoms with E-state index in [1.165, 1.54) is 23.5 Å². The zero-order valence-corrected chi connectivity index (χ0v) is 24.3. The fourth-order valence-corrected chi connectivity index (χ4v) is 8.22. The lowest BCUT2D eigenvalue weighted by Gasteiger charge is -2.62. The summed E-state index contributed by atoms with van der Waals surface area (Å²) in [5.41, 5.74) is 0.688. The van der Waals surface area contributed by atoms with E-state index in [1.54, 1.807) is 36.4 Å². The maximum Gasteiger partial charge on any atom is 0.339 e. The van der Waals surface area contributed by atoms with Crippen LogP contribution in [0.25, 0.3) is 10.1 Å². The van der Waals surface area contributed by atoms with Gasteiger partial charge in [0, 0.05) is 27.9 Å². The van der Waals surface area contributed by atoms with Crippen molar-refractivity contribution < 1.29 is 27.3 Å². The van der Waals surface area contributed by atoms with Crippen LogP contribution in [-0.2, 0) is 14.9 Å². The Morgan fingerprint density at radius 1 is 1.12 bits per heavy atom. The number of fused-ring (bicyclic) bond motifs is 3. The highest BCUT2D eigenvalue weighted by molar-refractivity contribution is 7.87. The average molecular weight is 582 g/mol. The number of rotatable bonds is 11. The minimum atomic E-state index is -3.99. The Bertz CT molecular complexity index is 1530. The maximum absolute atomic E-state index is 13.7. The summed E-state index contributed by atoms with van der Waals surface area (Å²) in [6.45, 7) is 4.58. The van der Waals surface area contributed by atoms with Crippen molar-refractivity contribution in [2.45, 2.75) is 63.3 Å². The van der Waals surface area contributed by atoms with Gasteiger partial charge in [-0.3, -0.25) is 9.59 Å². The molecule has 2 bridgehead atoms. The molecule has 3 aliphatic rings. The number of benzene rings is 2. The summed E-state index contributed by atoms with van der Waals surface area (Å²) in [5.74, 6) is 0.579. The van der Waals surface area contributed by atoms with Crippen molar-refractivity contribution in [1.29, 1.82) is 0 Å². The van der Waals surface area contributed by atoms with Crippen LogP contribution in [0.2, 0.25) is 0 Å².